The first kappa shape index (κ1) is 21.0. The van der Waals surface area contributed by atoms with Crippen LogP contribution in [0.4, 0.5) is 5.69 Å². The smallest absolute Gasteiger partial charge is 0.262 e. The molecular formula is C20H22N2O6S. The van der Waals surface area contributed by atoms with Crippen molar-refractivity contribution in [1.29, 1.82) is 0 Å². The number of benzene rings is 2. The zero-order chi connectivity index (χ0) is 20.9. The van der Waals surface area contributed by atoms with Gasteiger partial charge >= 0.3 is 0 Å². The van der Waals surface area contributed by atoms with Gasteiger partial charge in [-0.25, -0.2) is 8.42 Å². The van der Waals surface area contributed by atoms with Crippen LogP contribution in [0.1, 0.15) is 15.9 Å². The van der Waals surface area contributed by atoms with Gasteiger partial charge in [-0.1, -0.05) is 6.07 Å². The summed E-state index contributed by atoms with van der Waals surface area (Å²) < 4.78 is 37.8. The van der Waals surface area contributed by atoms with E-state index in [0.29, 0.717) is 48.9 Å². The van der Waals surface area contributed by atoms with E-state index in [1.807, 2.05) is 0 Å². The number of anilines is 1. The topological polar surface area (TPSA) is 102 Å². The van der Waals surface area contributed by atoms with Crippen molar-refractivity contribution in [2.75, 3.05) is 38.2 Å². The number of aryl methyl sites for hydroxylation is 1. The lowest BCUT2D eigenvalue weighted by molar-refractivity contribution is -0.118. The Balaban J connectivity index is 1.67. The third kappa shape index (κ3) is 5.20. The summed E-state index contributed by atoms with van der Waals surface area (Å²) >= 11 is 0. The maximum Gasteiger partial charge on any atom is 0.262 e. The van der Waals surface area contributed by atoms with Crippen molar-refractivity contribution >= 4 is 27.9 Å². The maximum absolute atomic E-state index is 12.9. The first-order chi connectivity index (χ1) is 13.9. The van der Waals surface area contributed by atoms with Gasteiger partial charge in [-0.05, 0) is 48.9 Å². The van der Waals surface area contributed by atoms with Crippen molar-refractivity contribution in [3.05, 3.63) is 53.6 Å². The molecule has 2 aromatic rings. The minimum atomic E-state index is -3.67. The molecule has 0 bridgehead atoms. The third-order valence-electron chi connectivity index (χ3n) is 4.45. The Bertz CT molecular complexity index is 983. The molecule has 1 saturated heterocycles. The van der Waals surface area contributed by atoms with Gasteiger partial charge in [-0.2, -0.15) is 4.31 Å². The fraction of sp³-hybridized carbons (Fsp3) is 0.300. The van der Waals surface area contributed by atoms with E-state index >= 15 is 0 Å². The summed E-state index contributed by atoms with van der Waals surface area (Å²) in [6.07, 6.45) is 0.719. The zero-order valence-corrected chi connectivity index (χ0v) is 16.8. The molecular weight excluding hydrogens is 396 g/mol. The van der Waals surface area contributed by atoms with Crippen molar-refractivity contribution in [2.45, 2.75) is 11.8 Å². The summed E-state index contributed by atoms with van der Waals surface area (Å²) in [5.41, 5.74) is 1.48. The van der Waals surface area contributed by atoms with E-state index < -0.39 is 15.9 Å². The van der Waals surface area contributed by atoms with Gasteiger partial charge < -0.3 is 14.8 Å². The Morgan fingerprint density at radius 3 is 2.52 bits per heavy atom. The number of hydrogen-bond acceptors (Lipinski definition) is 6. The molecule has 0 aliphatic carbocycles. The fourth-order valence-corrected chi connectivity index (χ4v) is 4.53. The van der Waals surface area contributed by atoms with E-state index in [1.165, 1.54) is 10.4 Å². The molecule has 0 aromatic heterocycles. The molecule has 1 fully saturated rings. The average molecular weight is 418 g/mol. The molecule has 1 aliphatic rings. The third-order valence-corrected chi connectivity index (χ3v) is 6.49. The minimum absolute atomic E-state index is 0.155. The normalized spacial score (nSPS) is 14.9. The molecule has 29 heavy (non-hydrogen) atoms. The van der Waals surface area contributed by atoms with Gasteiger partial charge in [-0.3, -0.25) is 9.59 Å². The molecule has 9 heteroatoms. The highest BCUT2D eigenvalue weighted by molar-refractivity contribution is 7.89. The molecule has 1 aliphatic heterocycles. The molecule has 0 radical (unpaired) electrons. The van der Waals surface area contributed by atoms with E-state index in [0.717, 1.165) is 6.29 Å². The second-order valence-corrected chi connectivity index (χ2v) is 8.43. The van der Waals surface area contributed by atoms with Crippen LogP contribution < -0.4 is 10.1 Å². The minimum Gasteiger partial charge on any atom is -0.484 e. The lowest BCUT2D eigenvalue weighted by Gasteiger charge is -2.26. The first-order valence-electron chi connectivity index (χ1n) is 9.06. The molecule has 8 nitrogen and oxygen atoms in total. The van der Waals surface area contributed by atoms with E-state index in [9.17, 15) is 18.0 Å². The number of amides is 1. The lowest BCUT2D eigenvalue weighted by atomic mass is 10.2. The largest absolute Gasteiger partial charge is 0.484 e. The zero-order valence-electron chi connectivity index (χ0n) is 16.0. The molecule has 1 amide bonds. The Morgan fingerprint density at radius 1 is 1.17 bits per heavy atom. The molecule has 1 N–H and O–H groups in total. The van der Waals surface area contributed by atoms with Gasteiger partial charge in [0.15, 0.2) is 6.61 Å². The van der Waals surface area contributed by atoms with Crippen LogP contribution in [0.15, 0.2) is 47.4 Å². The fourth-order valence-electron chi connectivity index (χ4n) is 2.87. The van der Waals surface area contributed by atoms with Crippen LogP contribution in [-0.4, -0.2) is 57.8 Å². The molecule has 0 unspecified atom stereocenters. The van der Waals surface area contributed by atoms with Gasteiger partial charge in [-0.15, -0.1) is 0 Å². The van der Waals surface area contributed by atoms with Crippen LogP contribution in [0.25, 0.3) is 0 Å². The molecule has 3 rings (SSSR count). The number of sulfonamides is 1. The van der Waals surface area contributed by atoms with Crippen molar-refractivity contribution < 1.29 is 27.5 Å². The van der Waals surface area contributed by atoms with E-state index in [2.05, 4.69) is 5.32 Å². The molecule has 2 aromatic carbocycles. The second kappa shape index (κ2) is 9.17. The van der Waals surface area contributed by atoms with Crippen LogP contribution in [0.2, 0.25) is 0 Å². The molecule has 0 spiro atoms. The summed E-state index contributed by atoms with van der Waals surface area (Å²) in [7, 11) is -3.67. The van der Waals surface area contributed by atoms with Crippen molar-refractivity contribution in [2.24, 2.45) is 0 Å². The Kier molecular flexibility index (Phi) is 6.63. The predicted molar refractivity (Wildman–Crippen MR) is 107 cm³/mol. The number of morpholine rings is 1. The van der Waals surface area contributed by atoms with E-state index in [-0.39, 0.29) is 11.5 Å². The highest BCUT2D eigenvalue weighted by atomic mass is 32.2. The second-order valence-electron chi connectivity index (χ2n) is 6.52. The number of carbonyl (C=O) groups is 2. The Morgan fingerprint density at radius 2 is 1.86 bits per heavy atom. The van der Waals surface area contributed by atoms with Crippen LogP contribution in [0, 0.1) is 6.92 Å². The van der Waals surface area contributed by atoms with Gasteiger partial charge in [0, 0.05) is 24.3 Å². The number of aldehydes is 1. The summed E-state index contributed by atoms with van der Waals surface area (Å²) in [6, 6.07) is 11.1. The van der Waals surface area contributed by atoms with E-state index in [4.69, 9.17) is 9.47 Å². The van der Waals surface area contributed by atoms with Crippen LogP contribution in [0.3, 0.4) is 0 Å². The number of carbonyl (C=O) groups excluding carboxylic acids is 2. The lowest BCUT2D eigenvalue weighted by Crippen LogP contribution is -2.40. The standard InChI is InChI=1S/C20H22N2O6S/c1-15-2-5-17(12-19(15)29(25,26)22-8-10-27-11-9-22)21-20(24)14-28-18-6-3-16(13-23)4-7-18/h2-7,12-13H,8-11,14H2,1H3,(H,21,24). The number of rotatable bonds is 7. The van der Waals surface area contributed by atoms with Crippen LogP contribution >= 0.6 is 0 Å². The SMILES string of the molecule is Cc1ccc(NC(=O)COc2ccc(C=O)cc2)cc1S(=O)(=O)N1CCOCC1. The van der Waals surface area contributed by atoms with Crippen molar-refractivity contribution in [3.8, 4) is 5.75 Å². The monoisotopic (exact) mass is 418 g/mol. The summed E-state index contributed by atoms with van der Waals surface area (Å²) in [6.45, 7) is 2.79. The van der Waals surface area contributed by atoms with Gasteiger partial charge in [0.1, 0.15) is 12.0 Å². The predicted octanol–water partition coefficient (Wildman–Crippen LogP) is 1.85. The molecule has 0 saturated carbocycles. The average Bonchev–Trinajstić information content (AvgIpc) is 2.74. The van der Waals surface area contributed by atoms with Crippen LogP contribution in [-0.2, 0) is 19.6 Å². The highest BCUT2D eigenvalue weighted by Gasteiger charge is 2.28. The van der Waals surface area contributed by atoms with Gasteiger partial charge in [0.25, 0.3) is 5.91 Å². The Labute approximate surface area is 169 Å². The summed E-state index contributed by atoms with van der Waals surface area (Å²) in [5.74, 6) is 0.0216. The van der Waals surface area contributed by atoms with Gasteiger partial charge in [0.05, 0.1) is 18.1 Å². The number of nitrogens with zero attached hydrogens (tertiary/aromatic N) is 1. The van der Waals surface area contributed by atoms with Gasteiger partial charge in [0.2, 0.25) is 10.0 Å². The number of ether oxygens (including phenoxy) is 2. The van der Waals surface area contributed by atoms with Crippen molar-refractivity contribution in [1.82, 2.24) is 4.31 Å². The first-order valence-corrected chi connectivity index (χ1v) is 10.5. The van der Waals surface area contributed by atoms with Crippen LogP contribution in [0.5, 0.6) is 5.75 Å². The highest BCUT2D eigenvalue weighted by Crippen LogP contribution is 2.24. The summed E-state index contributed by atoms with van der Waals surface area (Å²) in [4.78, 5) is 23.0. The molecule has 1 heterocycles. The number of hydrogen-bond donors (Lipinski definition) is 1. The summed E-state index contributed by atoms with van der Waals surface area (Å²) in [5, 5.41) is 2.65. The van der Waals surface area contributed by atoms with Crippen molar-refractivity contribution in [3.63, 3.8) is 0 Å². The molecule has 0 atom stereocenters. The quantitative estimate of drug-likeness (QED) is 0.689. The van der Waals surface area contributed by atoms with E-state index in [1.54, 1.807) is 43.3 Å². The maximum atomic E-state index is 12.9. The molecule has 154 valence electrons. The number of nitrogens with one attached hydrogen (secondary N) is 1. The Hall–Kier alpha value is -2.75.